The number of ether oxygens (including phenoxy) is 2. The third-order valence-electron chi connectivity index (χ3n) is 6.88. The number of benzene rings is 3. The summed E-state index contributed by atoms with van der Waals surface area (Å²) in [5, 5.41) is 17.4. The number of thioether (sulfide) groups is 1. The molecule has 1 N–H and O–H groups in total. The fourth-order valence-electron chi connectivity index (χ4n) is 4.85. The van der Waals surface area contributed by atoms with Gasteiger partial charge in [0.15, 0.2) is 5.84 Å². The number of hydrogen-bond acceptors (Lipinski definition) is 6. The molecule has 3 aromatic carbocycles. The van der Waals surface area contributed by atoms with E-state index in [4.69, 9.17) is 26.5 Å². The van der Waals surface area contributed by atoms with Gasteiger partial charge in [-0.1, -0.05) is 48.0 Å². The van der Waals surface area contributed by atoms with Gasteiger partial charge in [0.05, 0.1) is 12.1 Å². The van der Waals surface area contributed by atoms with Crippen LogP contribution in [0.15, 0.2) is 88.5 Å². The van der Waals surface area contributed by atoms with Crippen molar-refractivity contribution in [2.24, 2.45) is 10.1 Å². The van der Waals surface area contributed by atoms with Gasteiger partial charge in [0.1, 0.15) is 29.8 Å². The molecule has 0 spiro atoms. The average Bonchev–Trinajstić information content (AvgIpc) is 3.50. The largest absolute Gasteiger partial charge is 0.491 e. The predicted octanol–water partition coefficient (Wildman–Crippen LogP) is 6.69. The van der Waals surface area contributed by atoms with E-state index in [1.807, 2.05) is 86.6 Å². The highest BCUT2D eigenvalue weighted by Gasteiger charge is 2.36. The fraction of sp³-hybridized carbons (Fsp3) is 0.161. The van der Waals surface area contributed by atoms with Crippen molar-refractivity contribution in [2.75, 3.05) is 13.2 Å². The van der Waals surface area contributed by atoms with Crippen LogP contribution in [0.4, 0.5) is 0 Å². The highest BCUT2D eigenvalue weighted by molar-refractivity contribution is 8.27. The molecule has 206 valence electrons. The van der Waals surface area contributed by atoms with Gasteiger partial charge >= 0.3 is 0 Å². The number of nitrogens with zero attached hydrogens (tertiary/aromatic N) is 4. The van der Waals surface area contributed by atoms with Gasteiger partial charge in [-0.05, 0) is 73.6 Å². The maximum atomic E-state index is 13.1. The van der Waals surface area contributed by atoms with Crippen LogP contribution in [0, 0.1) is 19.3 Å². The number of para-hydroxylation sites is 2. The number of amides is 1. The van der Waals surface area contributed by atoms with E-state index < -0.39 is 5.91 Å². The van der Waals surface area contributed by atoms with Crippen LogP contribution < -0.4 is 9.47 Å². The quantitative estimate of drug-likeness (QED) is 0.233. The summed E-state index contributed by atoms with van der Waals surface area (Å²) in [7, 11) is 0. The van der Waals surface area contributed by atoms with Gasteiger partial charge < -0.3 is 14.0 Å². The number of fused-ring (bicyclic) bond motifs is 2. The molecule has 10 heteroatoms. The van der Waals surface area contributed by atoms with Crippen LogP contribution in [0.3, 0.4) is 0 Å². The molecule has 2 aliphatic heterocycles. The summed E-state index contributed by atoms with van der Waals surface area (Å²) in [6, 6.07) is 23.0. The van der Waals surface area contributed by atoms with Crippen molar-refractivity contribution in [2.45, 2.75) is 20.4 Å². The lowest BCUT2D eigenvalue weighted by Crippen LogP contribution is -2.35. The zero-order chi connectivity index (χ0) is 28.5. The predicted molar refractivity (Wildman–Crippen MR) is 165 cm³/mol. The fourth-order valence-corrected chi connectivity index (χ4v) is 5.87. The Morgan fingerprint density at radius 3 is 2.61 bits per heavy atom. The molecule has 6 rings (SSSR count). The maximum absolute atomic E-state index is 13.1. The van der Waals surface area contributed by atoms with E-state index in [0.29, 0.717) is 28.4 Å². The molecule has 0 atom stereocenters. The lowest BCUT2D eigenvalue weighted by atomic mass is 10.1. The zero-order valence-electron chi connectivity index (χ0n) is 22.4. The second-order valence-electron chi connectivity index (χ2n) is 9.54. The number of rotatable bonds is 8. The number of carbonyl (C=O) groups excluding carboxylic acids is 1. The van der Waals surface area contributed by atoms with E-state index >= 15 is 0 Å². The van der Waals surface area contributed by atoms with Crippen molar-refractivity contribution in [3.05, 3.63) is 100 Å². The molecule has 0 radical (unpaired) electrons. The molecule has 41 heavy (non-hydrogen) atoms. The van der Waals surface area contributed by atoms with Crippen molar-refractivity contribution in [1.82, 2.24) is 9.58 Å². The molecule has 2 aliphatic rings. The maximum Gasteiger partial charge on any atom is 0.283 e. The van der Waals surface area contributed by atoms with E-state index in [0.717, 1.165) is 39.2 Å². The van der Waals surface area contributed by atoms with Gasteiger partial charge in [-0.2, -0.15) is 15.1 Å². The molecule has 1 aromatic heterocycles. The molecule has 3 heterocycles. The van der Waals surface area contributed by atoms with E-state index in [2.05, 4.69) is 14.7 Å². The zero-order valence-corrected chi connectivity index (χ0v) is 24.0. The first-order valence-electron chi connectivity index (χ1n) is 13.0. The number of nitrogens with one attached hydrogen (secondary N) is 1. The standard InChI is InChI=1S/C31H26ClN5O3S/c1-19-16-21(32)12-13-27(19)39-15-14-36-20(2)24(23-10-6-7-11-26(23)36)17-25-29(33)37-31(34-30(25)38)41-28(35-37)18-40-22-8-4-3-5-9-22/h3-13,16-17,33H,14-15,18H2,1-2H3/b25-17-,33-29?. The van der Waals surface area contributed by atoms with Gasteiger partial charge in [0, 0.05) is 27.2 Å². The minimum atomic E-state index is -0.466. The Balaban J connectivity index is 1.25. The van der Waals surface area contributed by atoms with Crippen molar-refractivity contribution in [1.29, 1.82) is 5.41 Å². The number of aryl methyl sites for hydroxylation is 1. The molecule has 0 unspecified atom stereocenters. The van der Waals surface area contributed by atoms with Gasteiger partial charge in [-0.15, -0.1) is 0 Å². The first-order valence-corrected chi connectivity index (χ1v) is 14.2. The number of aromatic nitrogens is 1. The van der Waals surface area contributed by atoms with Gasteiger partial charge in [0.2, 0.25) is 5.17 Å². The van der Waals surface area contributed by atoms with Crippen molar-refractivity contribution in [3.8, 4) is 11.5 Å². The Kier molecular flexibility index (Phi) is 7.38. The van der Waals surface area contributed by atoms with Crippen molar-refractivity contribution in [3.63, 3.8) is 0 Å². The molecule has 0 bridgehead atoms. The number of hydrogen-bond donors (Lipinski definition) is 1. The van der Waals surface area contributed by atoms with Crippen LogP contribution in [-0.2, 0) is 11.3 Å². The molecule has 0 saturated heterocycles. The monoisotopic (exact) mass is 583 g/mol. The first kappa shape index (κ1) is 26.9. The summed E-state index contributed by atoms with van der Waals surface area (Å²) in [6.07, 6.45) is 1.75. The number of carbonyl (C=O) groups is 1. The van der Waals surface area contributed by atoms with E-state index in [-0.39, 0.29) is 18.0 Å². The molecule has 0 fully saturated rings. The topological polar surface area (TPSA) is 92.3 Å². The van der Waals surface area contributed by atoms with E-state index in [9.17, 15) is 4.79 Å². The van der Waals surface area contributed by atoms with E-state index in [1.165, 1.54) is 16.8 Å². The minimum Gasteiger partial charge on any atom is -0.491 e. The van der Waals surface area contributed by atoms with Crippen molar-refractivity contribution < 1.29 is 14.3 Å². The highest BCUT2D eigenvalue weighted by atomic mass is 35.5. The third kappa shape index (κ3) is 5.38. The number of aliphatic imine (C=N–C) groups is 1. The molecular weight excluding hydrogens is 558 g/mol. The number of amidine groups is 2. The third-order valence-corrected chi connectivity index (χ3v) is 8.00. The lowest BCUT2D eigenvalue weighted by Gasteiger charge is -2.20. The number of hydrazone groups is 1. The van der Waals surface area contributed by atoms with Crippen LogP contribution in [-0.4, -0.2) is 44.7 Å². The Hall–Kier alpha value is -4.34. The Morgan fingerprint density at radius 1 is 1.02 bits per heavy atom. The Labute approximate surface area is 246 Å². The molecule has 0 saturated carbocycles. The summed E-state index contributed by atoms with van der Waals surface area (Å²) in [6.45, 7) is 5.24. The first-order chi connectivity index (χ1) is 19.9. The number of halogens is 1. The van der Waals surface area contributed by atoms with Gasteiger partial charge in [0.25, 0.3) is 5.91 Å². The molecular formula is C31H26ClN5O3S. The smallest absolute Gasteiger partial charge is 0.283 e. The summed E-state index contributed by atoms with van der Waals surface area (Å²) < 4.78 is 14.0. The Morgan fingerprint density at radius 2 is 1.80 bits per heavy atom. The second kappa shape index (κ2) is 11.3. The molecule has 0 aliphatic carbocycles. The van der Waals surface area contributed by atoms with Crippen LogP contribution >= 0.6 is 23.4 Å². The SMILES string of the molecule is Cc1cc(Cl)ccc1OCCn1c(C)c(/C=C2/C(=N)N3N=C(COc4ccccc4)SC3=NC2=O)c2ccccc21. The van der Waals surface area contributed by atoms with E-state index in [1.54, 1.807) is 6.08 Å². The average molecular weight is 584 g/mol. The normalized spacial score (nSPS) is 15.8. The second-order valence-corrected chi connectivity index (χ2v) is 11.0. The highest BCUT2D eigenvalue weighted by Crippen LogP contribution is 2.32. The summed E-state index contributed by atoms with van der Waals surface area (Å²) in [5.41, 5.74) is 3.99. The summed E-state index contributed by atoms with van der Waals surface area (Å²) in [5.74, 6) is 1.03. The molecule has 4 aromatic rings. The van der Waals surface area contributed by atoms with Crippen LogP contribution in [0.25, 0.3) is 17.0 Å². The lowest BCUT2D eigenvalue weighted by molar-refractivity contribution is -0.114. The van der Waals surface area contributed by atoms with Crippen LogP contribution in [0.5, 0.6) is 11.5 Å². The van der Waals surface area contributed by atoms with Crippen LogP contribution in [0.2, 0.25) is 5.02 Å². The summed E-state index contributed by atoms with van der Waals surface area (Å²) >= 11 is 7.32. The Bertz CT molecular complexity index is 1780. The van der Waals surface area contributed by atoms with Crippen molar-refractivity contribution >= 4 is 62.3 Å². The van der Waals surface area contributed by atoms with Gasteiger partial charge in [-0.25, -0.2) is 0 Å². The van der Waals surface area contributed by atoms with Gasteiger partial charge in [-0.3, -0.25) is 10.2 Å². The minimum absolute atomic E-state index is 0.0139. The molecule has 1 amide bonds. The van der Waals surface area contributed by atoms with Crippen LogP contribution in [0.1, 0.15) is 16.8 Å². The molecule has 8 nitrogen and oxygen atoms in total. The summed E-state index contributed by atoms with van der Waals surface area (Å²) in [4.78, 5) is 17.4.